The maximum atomic E-state index is 11.6. The smallest absolute Gasteiger partial charge is 0.338 e. The van der Waals surface area contributed by atoms with Gasteiger partial charge in [-0.15, -0.1) is 0 Å². The SMILES string of the molecule is COc1ccc([C@@H]2O[C@H]2C(=O)OCC(C)C)cc1. The van der Waals surface area contributed by atoms with Crippen molar-refractivity contribution in [1.29, 1.82) is 0 Å². The third-order valence-corrected chi connectivity index (χ3v) is 2.73. The van der Waals surface area contributed by atoms with Crippen LogP contribution in [0.1, 0.15) is 25.5 Å². The highest BCUT2D eigenvalue weighted by atomic mass is 16.6. The first-order valence-corrected chi connectivity index (χ1v) is 6.08. The minimum absolute atomic E-state index is 0.171. The monoisotopic (exact) mass is 250 g/mol. The molecule has 1 saturated heterocycles. The van der Waals surface area contributed by atoms with Crippen molar-refractivity contribution in [2.75, 3.05) is 13.7 Å². The van der Waals surface area contributed by atoms with Crippen molar-refractivity contribution < 1.29 is 19.0 Å². The number of methoxy groups -OCH3 is 1. The average molecular weight is 250 g/mol. The highest BCUT2D eigenvalue weighted by Crippen LogP contribution is 2.39. The van der Waals surface area contributed by atoms with Gasteiger partial charge in [0.15, 0.2) is 6.10 Å². The molecule has 1 aromatic rings. The molecule has 4 heteroatoms. The van der Waals surface area contributed by atoms with Crippen molar-refractivity contribution in [3.63, 3.8) is 0 Å². The Labute approximate surface area is 107 Å². The molecule has 0 saturated carbocycles. The quantitative estimate of drug-likeness (QED) is 0.594. The molecule has 4 nitrogen and oxygen atoms in total. The summed E-state index contributed by atoms with van der Waals surface area (Å²) in [5.74, 6) is 0.856. The van der Waals surface area contributed by atoms with Crippen LogP contribution in [0.3, 0.4) is 0 Å². The molecule has 0 aromatic heterocycles. The number of rotatable bonds is 5. The summed E-state index contributed by atoms with van der Waals surface area (Å²) in [6.45, 7) is 4.44. The summed E-state index contributed by atoms with van der Waals surface area (Å²) in [6.07, 6.45) is -0.618. The van der Waals surface area contributed by atoms with Gasteiger partial charge in [0, 0.05) is 0 Å². The fourth-order valence-electron chi connectivity index (χ4n) is 1.67. The Kier molecular flexibility index (Phi) is 3.87. The van der Waals surface area contributed by atoms with Gasteiger partial charge in [0.2, 0.25) is 0 Å². The van der Waals surface area contributed by atoms with Crippen LogP contribution in [0.25, 0.3) is 0 Å². The fourth-order valence-corrected chi connectivity index (χ4v) is 1.67. The van der Waals surface area contributed by atoms with Gasteiger partial charge in [-0.05, 0) is 23.6 Å². The number of epoxide rings is 1. The van der Waals surface area contributed by atoms with Crippen molar-refractivity contribution in [2.45, 2.75) is 26.1 Å². The largest absolute Gasteiger partial charge is 0.497 e. The molecule has 0 unspecified atom stereocenters. The molecule has 0 N–H and O–H groups in total. The summed E-state index contributed by atoms with van der Waals surface area (Å²) in [5.41, 5.74) is 0.974. The Morgan fingerprint density at radius 1 is 1.33 bits per heavy atom. The molecular weight excluding hydrogens is 232 g/mol. The number of esters is 1. The molecule has 0 amide bonds. The molecule has 2 atom stereocenters. The van der Waals surface area contributed by atoms with Crippen LogP contribution in [0, 0.1) is 5.92 Å². The van der Waals surface area contributed by atoms with E-state index >= 15 is 0 Å². The van der Waals surface area contributed by atoms with Crippen LogP contribution in [0.15, 0.2) is 24.3 Å². The zero-order valence-corrected chi connectivity index (χ0v) is 10.9. The summed E-state index contributed by atoms with van der Waals surface area (Å²) in [7, 11) is 1.62. The first-order chi connectivity index (χ1) is 8.61. The molecule has 18 heavy (non-hydrogen) atoms. The predicted octanol–water partition coefficient (Wildman–Crippen LogP) is 2.33. The van der Waals surface area contributed by atoms with Crippen molar-refractivity contribution in [3.8, 4) is 5.75 Å². The van der Waals surface area contributed by atoms with Gasteiger partial charge in [-0.2, -0.15) is 0 Å². The average Bonchev–Trinajstić information content (AvgIpc) is 3.16. The Balaban J connectivity index is 1.88. The summed E-state index contributed by atoms with van der Waals surface area (Å²) in [5, 5.41) is 0. The molecule has 1 aliphatic rings. The van der Waals surface area contributed by atoms with Crippen LogP contribution in [0.2, 0.25) is 0 Å². The lowest BCUT2D eigenvalue weighted by atomic mass is 10.1. The second kappa shape index (κ2) is 5.40. The zero-order valence-electron chi connectivity index (χ0n) is 10.9. The van der Waals surface area contributed by atoms with E-state index < -0.39 is 6.10 Å². The van der Waals surface area contributed by atoms with E-state index in [4.69, 9.17) is 14.2 Å². The first kappa shape index (κ1) is 12.9. The van der Waals surface area contributed by atoms with Crippen molar-refractivity contribution in [3.05, 3.63) is 29.8 Å². The lowest BCUT2D eigenvalue weighted by molar-refractivity contribution is -0.146. The van der Waals surface area contributed by atoms with E-state index in [0.717, 1.165) is 11.3 Å². The molecule has 0 aliphatic carbocycles. The molecule has 0 spiro atoms. The van der Waals surface area contributed by atoms with Crippen molar-refractivity contribution >= 4 is 5.97 Å². The van der Waals surface area contributed by atoms with E-state index in [-0.39, 0.29) is 12.1 Å². The molecule has 1 aromatic carbocycles. The van der Waals surface area contributed by atoms with Gasteiger partial charge in [-0.1, -0.05) is 26.0 Å². The summed E-state index contributed by atoms with van der Waals surface area (Å²) in [6, 6.07) is 7.51. The van der Waals surface area contributed by atoms with Gasteiger partial charge < -0.3 is 14.2 Å². The topological polar surface area (TPSA) is 48.1 Å². The van der Waals surface area contributed by atoms with E-state index in [1.54, 1.807) is 7.11 Å². The minimum Gasteiger partial charge on any atom is -0.497 e. The molecule has 1 fully saturated rings. The van der Waals surface area contributed by atoms with Gasteiger partial charge in [-0.25, -0.2) is 4.79 Å². The van der Waals surface area contributed by atoms with Gasteiger partial charge in [0.05, 0.1) is 13.7 Å². The normalized spacial score (nSPS) is 21.8. The van der Waals surface area contributed by atoms with Crippen LogP contribution in [0.5, 0.6) is 5.75 Å². The summed E-state index contributed by atoms with van der Waals surface area (Å²) >= 11 is 0. The van der Waals surface area contributed by atoms with Crippen molar-refractivity contribution in [1.82, 2.24) is 0 Å². The third-order valence-electron chi connectivity index (χ3n) is 2.73. The lowest BCUT2D eigenvalue weighted by Crippen LogP contribution is -2.15. The maximum Gasteiger partial charge on any atom is 0.338 e. The molecule has 0 bridgehead atoms. The predicted molar refractivity (Wildman–Crippen MR) is 66.4 cm³/mol. The molecule has 2 rings (SSSR count). The minimum atomic E-state index is -0.447. The van der Waals surface area contributed by atoms with Gasteiger partial charge >= 0.3 is 5.97 Å². The number of benzene rings is 1. The lowest BCUT2D eigenvalue weighted by Gasteiger charge is -2.05. The van der Waals surface area contributed by atoms with Crippen LogP contribution >= 0.6 is 0 Å². The van der Waals surface area contributed by atoms with E-state index in [1.807, 2.05) is 38.1 Å². The van der Waals surface area contributed by atoms with Gasteiger partial charge in [0.1, 0.15) is 11.9 Å². The van der Waals surface area contributed by atoms with Gasteiger partial charge in [-0.3, -0.25) is 0 Å². The highest BCUT2D eigenvalue weighted by molar-refractivity contribution is 5.78. The Morgan fingerprint density at radius 3 is 2.56 bits per heavy atom. The van der Waals surface area contributed by atoms with Gasteiger partial charge in [0.25, 0.3) is 0 Å². The second-order valence-electron chi connectivity index (χ2n) is 4.77. The van der Waals surface area contributed by atoms with E-state index in [1.165, 1.54) is 0 Å². The van der Waals surface area contributed by atoms with E-state index in [2.05, 4.69) is 0 Å². The number of carbonyl (C=O) groups excluding carboxylic acids is 1. The first-order valence-electron chi connectivity index (χ1n) is 6.08. The van der Waals surface area contributed by atoms with E-state index in [0.29, 0.717) is 12.5 Å². The molecule has 1 heterocycles. The fraction of sp³-hybridized carbons (Fsp3) is 0.500. The Hall–Kier alpha value is -1.55. The van der Waals surface area contributed by atoms with Crippen LogP contribution < -0.4 is 4.74 Å². The van der Waals surface area contributed by atoms with Crippen LogP contribution in [0.4, 0.5) is 0 Å². The summed E-state index contributed by atoms with van der Waals surface area (Å²) in [4.78, 5) is 11.6. The third kappa shape index (κ3) is 3.01. The zero-order chi connectivity index (χ0) is 13.1. The van der Waals surface area contributed by atoms with Crippen molar-refractivity contribution in [2.24, 2.45) is 5.92 Å². The Bertz CT molecular complexity index is 410. The maximum absolute atomic E-state index is 11.6. The van der Waals surface area contributed by atoms with Crippen LogP contribution in [-0.2, 0) is 14.3 Å². The number of hydrogen-bond donors (Lipinski definition) is 0. The molecule has 1 aliphatic heterocycles. The molecule has 98 valence electrons. The Morgan fingerprint density at radius 2 is 2.00 bits per heavy atom. The molecular formula is C14H18O4. The number of carbonyl (C=O) groups is 1. The standard InChI is InChI=1S/C14H18O4/c1-9(2)8-17-14(15)13-12(18-13)10-4-6-11(16-3)7-5-10/h4-7,9,12-13H,8H2,1-3H3/t12-,13+/m0/s1. The molecule has 0 radical (unpaired) electrons. The highest BCUT2D eigenvalue weighted by Gasteiger charge is 2.47. The number of hydrogen-bond acceptors (Lipinski definition) is 4. The van der Waals surface area contributed by atoms with E-state index in [9.17, 15) is 4.79 Å². The number of ether oxygens (including phenoxy) is 3. The second-order valence-corrected chi connectivity index (χ2v) is 4.77. The van der Waals surface area contributed by atoms with Crippen LogP contribution in [-0.4, -0.2) is 25.8 Å². The summed E-state index contributed by atoms with van der Waals surface area (Å²) < 4.78 is 15.6.